The topological polar surface area (TPSA) is 65.8 Å². The first-order valence-corrected chi connectivity index (χ1v) is 10.6. The second-order valence-corrected chi connectivity index (χ2v) is 8.98. The molecular weight excluding hydrogens is 454 g/mol. The minimum absolute atomic E-state index is 0.0818. The highest BCUT2D eigenvalue weighted by Gasteiger charge is 2.59. The lowest BCUT2D eigenvalue weighted by molar-refractivity contribution is 0.0697. The van der Waals surface area contributed by atoms with E-state index in [1.54, 1.807) is 5.01 Å². The van der Waals surface area contributed by atoms with Crippen molar-refractivity contribution in [3.63, 3.8) is 0 Å². The number of rotatable bonds is 1. The largest absolute Gasteiger partial charge is 0.502 e. The molecule has 1 aliphatic heterocycles. The van der Waals surface area contributed by atoms with Crippen LogP contribution in [0.25, 0.3) is 0 Å². The minimum atomic E-state index is -1.32. The van der Waals surface area contributed by atoms with Gasteiger partial charge >= 0.3 is 0 Å². The summed E-state index contributed by atoms with van der Waals surface area (Å²) in [6.07, 6.45) is 1.89. The molecule has 2 aliphatic carbocycles. The number of hydrogen-bond donors (Lipinski definition) is 1. The maximum Gasteiger partial charge on any atom is 0.277 e. The molecule has 0 spiro atoms. The van der Waals surface area contributed by atoms with E-state index >= 15 is 0 Å². The molecule has 34 heavy (non-hydrogen) atoms. The lowest BCUT2D eigenvalue weighted by Crippen LogP contribution is -2.62. The lowest BCUT2D eigenvalue weighted by Gasteiger charge is -2.50. The van der Waals surface area contributed by atoms with E-state index in [1.807, 2.05) is 0 Å². The van der Waals surface area contributed by atoms with Gasteiger partial charge in [-0.05, 0) is 59.4 Å². The predicted octanol–water partition coefficient (Wildman–Crippen LogP) is 2.76. The van der Waals surface area contributed by atoms with Crippen molar-refractivity contribution in [2.45, 2.75) is 18.4 Å². The quantitative estimate of drug-likeness (QED) is 0.555. The smallest absolute Gasteiger partial charge is 0.277 e. The average molecular weight is 471 g/mol. The number of hydrogen-bond acceptors (Lipinski definition) is 4. The summed E-state index contributed by atoms with van der Waals surface area (Å²) in [6, 6.07) is 5.40. The molecule has 2 aromatic carbocycles. The van der Waals surface area contributed by atoms with E-state index in [0.717, 1.165) is 30.3 Å². The number of nitrogens with zero attached hydrogens (tertiary/aromatic N) is 3. The number of carbonyl (C=O) groups excluding carboxylic acids is 1. The zero-order valence-corrected chi connectivity index (χ0v) is 17.8. The van der Waals surface area contributed by atoms with Crippen molar-refractivity contribution in [2.24, 2.45) is 5.92 Å². The Bertz CT molecular complexity index is 1420. The van der Waals surface area contributed by atoms with Crippen molar-refractivity contribution in [1.29, 1.82) is 0 Å². The van der Waals surface area contributed by atoms with Gasteiger partial charge < -0.3 is 10.0 Å². The summed E-state index contributed by atoms with van der Waals surface area (Å²) in [5, 5.41) is 12.1. The van der Waals surface area contributed by atoms with Gasteiger partial charge in [0.15, 0.2) is 34.7 Å². The van der Waals surface area contributed by atoms with Gasteiger partial charge in [-0.1, -0.05) is 0 Å². The van der Waals surface area contributed by atoms with Crippen LogP contribution in [0.4, 0.5) is 17.6 Å². The third-order valence-electron chi connectivity index (χ3n) is 7.25. The van der Waals surface area contributed by atoms with Crippen LogP contribution in [0.15, 0.2) is 41.3 Å². The molecule has 1 N–H and O–H groups in total. The summed E-state index contributed by atoms with van der Waals surface area (Å²) in [7, 11) is 1.46. The maximum absolute atomic E-state index is 14.6. The Morgan fingerprint density at radius 3 is 2.00 bits per heavy atom. The second kappa shape index (κ2) is 6.62. The third-order valence-corrected chi connectivity index (χ3v) is 7.25. The molecule has 3 aliphatic rings. The highest BCUT2D eigenvalue weighted by atomic mass is 19.2. The minimum Gasteiger partial charge on any atom is -0.502 e. The molecular formula is C24H17F4N3O3. The molecule has 0 unspecified atom stereocenters. The van der Waals surface area contributed by atoms with E-state index in [-0.39, 0.29) is 12.4 Å². The SMILES string of the molecule is CN1CN(C23c4cc(F)c(F)cc4CC2Cc2cc(F)c(F)cc23)n2ccc(=O)c(O)c2C1=O. The molecule has 0 atom stereocenters. The molecule has 1 amide bonds. The van der Waals surface area contributed by atoms with E-state index in [2.05, 4.69) is 0 Å². The normalized spacial score (nSPS) is 22.5. The van der Waals surface area contributed by atoms with Crippen LogP contribution in [0.2, 0.25) is 0 Å². The molecule has 6 nitrogen and oxygen atoms in total. The number of benzene rings is 2. The number of carbonyl (C=O) groups is 1. The fraction of sp³-hybridized carbons (Fsp3) is 0.250. The van der Waals surface area contributed by atoms with Crippen LogP contribution in [-0.2, 0) is 18.4 Å². The molecule has 2 heterocycles. The first-order chi connectivity index (χ1) is 16.1. The van der Waals surface area contributed by atoms with E-state index in [1.165, 1.54) is 22.8 Å². The average Bonchev–Trinajstić information content (AvgIpc) is 3.24. The van der Waals surface area contributed by atoms with Gasteiger partial charge in [0.1, 0.15) is 12.2 Å². The Hall–Kier alpha value is -3.82. The van der Waals surface area contributed by atoms with Gasteiger partial charge in [0.05, 0.1) is 0 Å². The summed E-state index contributed by atoms with van der Waals surface area (Å²) in [6.45, 7) is -0.0818. The summed E-state index contributed by atoms with van der Waals surface area (Å²) in [5.41, 5.74) is -0.665. The van der Waals surface area contributed by atoms with Crippen molar-refractivity contribution < 1.29 is 27.5 Å². The van der Waals surface area contributed by atoms with Crippen LogP contribution < -0.4 is 10.4 Å². The molecule has 6 rings (SSSR count). The van der Waals surface area contributed by atoms with Gasteiger partial charge in [0, 0.05) is 25.2 Å². The van der Waals surface area contributed by atoms with Gasteiger partial charge in [-0.25, -0.2) is 17.6 Å². The molecule has 0 saturated heterocycles. The van der Waals surface area contributed by atoms with E-state index < -0.39 is 51.8 Å². The Labute approximate surface area is 190 Å². The van der Waals surface area contributed by atoms with Crippen molar-refractivity contribution in [3.8, 4) is 5.75 Å². The highest BCUT2D eigenvalue weighted by Crippen LogP contribution is 2.57. The van der Waals surface area contributed by atoms with Crippen LogP contribution in [-0.4, -0.2) is 34.3 Å². The molecule has 10 heteroatoms. The zero-order valence-electron chi connectivity index (χ0n) is 17.8. The first kappa shape index (κ1) is 20.8. The fourth-order valence-corrected chi connectivity index (χ4v) is 5.91. The summed E-state index contributed by atoms with van der Waals surface area (Å²) < 4.78 is 58.7. The second-order valence-electron chi connectivity index (χ2n) is 8.98. The Morgan fingerprint density at radius 1 is 0.912 bits per heavy atom. The van der Waals surface area contributed by atoms with Crippen LogP contribution in [0.5, 0.6) is 5.75 Å². The molecule has 0 bridgehead atoms. The van der Waals surface area contributed by atoms with Crippen LogP contribution >= 0.6 is 0 Å². The van der Waals surface area contributed by atoms with Crippen molar-refractivity contribution >= 4 is 5.91 Å². The molecule has 1 aromatic heterocycles. The lowest BCUT2D eigenvalue weighted by atomic mass is 9.81. The van der Waals surface area contributed by atoms with E-state index in [9.17, 15) is 32.3 Å². The number of amides is 1. The monoisotopic (exact) mass is 471 g/mol. The Morgan fingerprint density at radius 2 is 1.44 bits per heavy atom. The number of aromatic nitrogens is 1. The fourth-order valence-electron chi connectivity index (χ4n) is 5.91. The van der Waals surface area contributed by atoms with Crippen molar-refractivity contribution in [3.05, 3.63) is 98.0 Å². The molecule has 0 radical (unpaired) electrons. The van der Waals surface area contributed by atoms with E-state index in [0.29, 0.717) is 35.1 Å². The summed E-state index contributed by atoms with van der Waals surface area (Å²) in [4.78, 5) is 26.3. The molecule has 174 valence electrons. The van der Waals surface area contributed by atoms with Gasteiger partial charge in [-0.3, -0.25) is 19.3 Å². The Balaban J connectivity index is 1.72. The van der Waals surface area contributed by atoms with Crippen molar-refractivity contribution in [1.82, 2.24) is 9.58 Å². The summed E-state index contributed by atoms with van der Waals surface area (Å²) >= 11 is 0. The number of fused-ring (bicyclic) bond motifs is 6. The molecule has 3 aromatic rings. The van der Waals surface area contributed by atoms with Crippen molar-refractivity contribution in [2.75, 3.05) is 18.7 Å². The number of pyridine rings is 1. The predicted molar refractivity (Wildman–Crippen MR) is 112 cm³/mol. The van der Waals surface area contributed by atoms with Crippen LogP contribution in [0, 0.1) is 29.2 Å². The first-order valence-electron chi connectivity index (χ1n) is 10.6. The summed E-state index contributed by atoms with van der Waals surface area (Å²) in [5.74, 6) is -6.01. The van der Waals surface area contributed by atoms with E-state index in [4.69, 9.17) is 0 Å². The maximum atomic E-state index is 14.6. The van der Waals surface area contributed by atoms with Gasteiger partial charge in [-0.15, -0.1) is 0 Å². The van der Waals surface area contributed by atoms with Gasteiger partial charge in [-0.2, -0.15) is 0 Å². The zero-order chi connectivity index (χ0) is 24.1. The number of aromatic hydroxyl groups is 1. The number of halogens is 4. The Kier molecular flexibility index (Phi) is 4.04. The van der Waals surface area contributed by atoms with Gasteiger partial charge in [0.25, 0.3) is 5.91 Å². The highest BCUT2D eigenvalue weighted by molar-refractivity contribution is 5.96. The van der Waals surface area contributed by atoms with Crippen LogP contribution in [0.1, 0.15) is 32.7 Å². The third kappa shape index (κ3) is 2.40. The standard InChI is InChI=1S/C24H17F4N3O3/c1-29-10-31(30-3-2-20(32)22(33)21(30)23(29)34)24-13(4-11-6-16(25)18(27)8-14(11)24)5-12-7-17(26)19(28)9-15(12)24/h2-3,6-9,13,33H,4-5,10H2,1H3. The van der Waals surface area contributed by atoms with Crippen LogP contribution in [0.3, 0.4) is 0 Å². The molecule has 0 saturated carbocycles. The van der Waals surface area contributed by atoms with Gasteiger partial charge in [0.2, 0.25) is 5.43 Å². The molecule has 0 fully saturated rings.